The molecule has 0 aliphatic rings. The molecule has 2 N–H and O–H groups in total. The zero-order valence-corrected chi connectivity index (χ0v) is 15.2. The predicted molar refractivity (Wildman–Crippen MR) is 107 cm³/mol. The number of halogens is 1. The van der Waals surface area contributed by atoms with Crippen LogP contribution in [-0.4, -0.2) is 25.7 Å². The zero-order valence-electron chi connectivity index (χ0n) is 15.2. The Morgan fingerprint density at radius 2 is 1.32 bits per heavy atom. The molecule has 0 aromatic heterocycles. The van der Waals surface area contributed by atoms with Gasteiger partial charge in [-0.05, 0) is 60.7 Å². The van der Waals surface area contributed by atoms with Crippen molar-refractivity contribution in [3.05, 3.63) is 84.7 Å². The molecule has 0 spiro atoms. The Kier molecular flexibility index (Phi) is 6.84. The molecule has 0 bridgehead atoms. The third-order valence-electron chi connectivity index (χ3n) is 3.80. The van der Waals surface area contributed by atoms with Gasteiger partial charge in [0.25, 0.3) is 0 Å². The summed E-state index contributed by atoms with van der Waals surface area (Å²) in [5, 5.41) is 5.72. The maximum atomic E-state index is 12.9. The highest BCUT2D eigenvalue weighted by Gasteiger charge is 2.03. The van der Waals surface area contributed by atoms with Crippen molar-refractivity contribution in [3.63, 3.8) is 0 Å². The fourth-order valence-electron chi connectivity index (χ4n) is 2.43. The van der Waals surface area contributed by atoms with Crippen LogP contribution >= 0.6 is 0 Å². The summed E-state index contributed by atoms with van der Waals surface area (Å²) < 4.78 is 24.0. The van der Waals surface area contributed by atoms with Gasteiger partial charge in [-0.25, -0.2) is 4.39 Å². The molecule has 0 aliphatic carbocycles. The second-order valence-electron chi connectivity index (χ2n) is 5.94. The minimum atomic E-state index is -0.316. The molecule has 3 aromatic carbocycles. The summed E-state index contributed by atoms with van der Waals surface area (Å²) in [6, 6.07) is 22.5. The first-order valence-corrected chi connectivity index (χ1v) is 8.89. The molecule has 0 aliphatic heterocycles. The Bertz CT molecular complexity index is 869. The van der Waals surface area contributed by atoms with Gasteiger partial charge >= 0.3 is 0 Å². The second kappa shape index (κ2) is 9.97. The minimum Gasteiger partial charge on any atom is -0.490 e. The van der Waals surface area contributed by atoms with E-state index in [2.05, 4.69) is 10.6 Å². The van der Waals surface area contributed by atoms with Gasteiger partial charge in [0.1, 0.15) is 30.5 Å². The summed E-state index contributed by atoms with van der Waals surface area (Å²) in [6.07, 6.45) is 0. The third-order valence-corrected chi connectivity index (χ3v) is 3.80. The van der Waals surface area contributed by atoms with Gasteiger partial charge in [0.15, 0.2) is 0 Å². The molecule has 3 aromatic rings. The average molecular weight is 380 g/mol. The number of benzene rings is 3. The molecular formula is C22H21FN2O3. The molecule has 144 valence electrons. The van der Waals surface area contributed by atoms with Crippen LogP contribution in [0.15, 0.2) is 78.9 Å². The molecule has 0 atom stereocenters. The van der Waals surface area contributed by atoms with E-state index < -0.39 is 0 Å². The number of amides is 1. The van der Waals surface area contributed by atoms with Crippen LogP contribution in [0.3, 0.4) is 0 Å². The minimum absolute atomic E-state index is 0.0840. The summed E-state index contributed by atoms with van der Waals surface area (Å²) in [6.45, 7) is 0.945. The Labute approximate surface area is 163 Å². The van der Waals surface area contributed by atoms with Crippen molar-refractivity contribution in [2.75, 3.05) is 30.4 Å². The highest BCUT2D eigenvalue weighted by atomic mass is 19.1. The van der Waals surface area contributed by atoms with Gasteiger partial charge in [0, 0.05) is 11.4 Å². The van der Waals surface area contributed by atoms with E-state index >= 15 is 0 Å². The topological polar surface area (TPSA) is 59.6 Å². The Balaban J connectivity index is 1.37. The smallest absolute Gasteiger partial charge is 0.243 e. The number of hydrogen-bond donors (Lipinski definition) is 2. The lowest BCUT2D eigenvalue weighted by Crippen LogP contribution is -2.21. The molecule has 0 fully saturated rings. The number of rotatable bonds is 9. The number of para-hydroxylation sites is 1. The molecule has 1 amide bonds. The van der Waals surface area contributed by atoms with E-state index in [1.165, 1.54) is 12.1 Å². The van der Waals surface area contributed by atoms with Crippen LogP contribution in [0.5, 0.6) is 11.5 Å². The standard InChI is InChI=1S/C22H21FN2O3/c23-17-6-8-18(9-7-17)24-16-22(26)25-19-10-12-21(13-11-19)28-15-14-27-20-4-2-1-3-5-20/h1-13,24H,14-16H2,(H,25,26). The van der Waals surface area contributed by atoms with Gasteiger partial charge in [0.2, 0.25) is 5.91 Å². The molecule has 0 saturated carbocycles. The summed E-state index contributed by atoms with van der Waals surface area (Å²) in [5.74, 6) is 0.982. The van der Waals surface area contributed by atoms with Crippen LogP contribution in [0.4, 0.5) is 15.8 Å². The van der Waals surface area contributed by atoms with Gasteiger partial charge in [-0.2, -0.15) is 0 Å². The van der Waals surface area contributed by atoms with Gasteiger partial charge in [-0.3, -0.25) is 4.79 Å². The number of carbonyl (C=O) groups excluding carboxylic acids is 1. The lowest BCUT2D eigenvalue weighted by molar-refractivity contribution is -0.114. The Morgan fingerprint density at radius 3 is 1.96 bits per heavy atom. The SMILES string of the molecule is O=C(CNc1ccc(F)cc1)Nc1ccc(OCCOc2ccccc2)cc1. The molecule has 0 unspecified atom stereocenters. The first-order chi connectivity index (χ1) is 13.7. The summed E-state index contributed by atoms with van der Waals surface area (Å²) >= 11 is 0. The number of carbonyl (C=O) groups is 1. The summed E-state index contributed by atoms with van der Waals surface area (Å²) in [4.78, 5) is 12.0. The van der Waals surface area contributed by atoms with Gasteiger partial charge in [0.05, 0.1) is 6.54 Å². The third kappa shape index (κ3) is 6.32. The maximum Gasteiger partial charge on any atom is 0.243 e. The second-order valence-corrected chi connectivity index (χ2v) is 5.94. The molecule has 6 heteroatoms. The van der Waals surface area contributed by atoms with E-state index in [1.54, 1.807) is 36.4 Å². The molecular weight excluding hydrogens is 359 g/mol. The monoisotopic (exact) mass is 380 g/mol. The molecule has 3 rings (SSSR count). The zero-order chi connectivity index (χ0) is 19.6. The van der Waals surface area contributed by atoms with E-state index in [0.29, 0.717) is 30.3 Å². The normalized spacial score (nSPS) is 10.2. The van der Waals surface area contributed by atoms with Crippen molar-refractivity contribution in [1.82, 2.24) is 0 Å². The van der Waals surface area contributed by atoms with Crippen LogP contribution in [0.25, 0.3) is 0 Å². The van der Waals surface area contributed by atoms with Crippen LogP contribution in [0.2, 0.25) is 0 Å². The van der Waals surface area contributed by atoms with Crippen molar-refractivity contribution in [3.8, 4) is 11.5 Å². The maximum absolute atomic E-state index is 12.9. The molecule has 0 saturated heterocycles. The van der Waals surface area contributed by atoms with Crippen LogP contribution < -0.4 is 20.1 Å². The highest BCUT2D eigenvalue weighted by molar-refractivity contribution is 5.93. The lowest BCUT2D eigenvalue weighted by atomic mass is 10.3. The van der Waals surface area contributed by atoms with Gasteiger partial charge < -0.3 is 20.1 Å². The number of anilines is 2. The molecule has 0 radical (unpaired) electrons. The van der Waals surface area contributed by atoms with E-state index in [9.17, 15) is 9.18 Å². The van der Waals surface area contributed by atoms with E-state index in [0.717, 1.165) is 5.75 Å². The first-order valence-electron chi connectivity index (χ1n) is 8.89. The Hall–Kier alpha value is -3.54. The molecule has 28 heavy (non-hydrogen) atoms. The van der Waals surface area contributed by atoms with Crippen molar-refractivity contribution in [2.45, 2.75) is 0 Å². The quantitative estimate of drug-likeness (QED) is 0.543. The fourth-order valence-corrected chi connectivity index (χ4v) is 2.43. The predicted octanol–water partition coefficient (Wildman–Crippen LogP) is 4.33. The van der Waals surface area contributed by atoms with Crippen LogP contribution in [0.1, 0.15) is 0 Å². The number of hydrogen-bond acceptors (Lipinski definition) is 4. The van der Waals surface area contributed by atoms with Crippen molar-refractivity contribution < 1.29 is 18.7 Å². The van der Waals surface area contributed by atoms with E-state index in [1.807, 2.05) is 30.3 Å². The highest BCUT2D eigenvalue weighted by Crippen LogP contribution is 2.16. The molecule has 0 heterocycles. The number of nitrogens with one attached hydrogen (secondary N) is 2. The fraction of sp³-hybridized carbons (Fsp3) is 0.136. The summed E-state index contributed by atoms with van der Waals surface area (Å²) in [7, 11) is 0. The molecule has 5 nitrogen and oxygen atoms in total. The summed E-state index contributed by atoms with van der Waals surface area (Å²) in [5.41, 5.74) is 1.34. The van der Waals surface area contributed by atoms with E-state index in [4.69, 9.17) is 9.47 Å². The van der Waals surface area contributed by atoms with Crippen molar-refractivity contribution >= 4 is 17.3 Å². The first kappa shape index (κ1) is 19.2. The lowest BCUT2D eigenvalue weighted by Gasteiger charge is -2.10. The van der Waals surface area contributed by atoms with E-state index in [-0.39, 0.29) is 18.3 Å². The van der Waals surface area contributed by atoms with Crippen molar-refractivity contribution in [1.29, 1.82) is 0 Å². The van der Waals surface area contributed by atoms with Gasteiger partial charge in [-0.15, -0.1) is 0 Å². The van der Waals surface area contributed by atoms with Crippen LogP contribution in [0, 0.1) is 5.82 Å². The van der Waals surface area contributed by atoms with Crippen LogP contribution in [-0.2, 0) is 4.79 Å². The largest absolute Gasteiger partial charge is 0.490 e. The average Bonchev–Trinajstić information content (AvgIpc) is 2.73. The van der Waals surface area contributed by atoms with Crippen molar-refractivity contribution in [2.24, 2.45) is 0 Å². The Morgan fingerprint density at radius 1 is 0.750 bits per heavy atom. The number of ether oxygens (including phenoxy) is 2. The van der Waals surface area contributed by atoms with Gasteiger partial charge in [-0.1, -0.05) is 18.2 Å².